The molecule has 1 amide bonds. The largest absolute Gasteiger partial charge is 0.455 e. The second-order valence-corrected chi connectivity index (χ2v) is 7.75. The Morgan fingerprint density at radius 2 is 1.57 bits per heavy atom. The lowest BCUT2D eigenvalue weighted by atomic mass is 10.1. The SMILES string of the molecule is O=C(Cc1ccc2ccccc2c1)OCC(=O)N1CCN(c2ccccc2Cl)CC1. The Morgan fingerprint density at radius 3 is 2.33 bits per heavy atom. The molecule has 4 rings (SSSR count). The lowest BCUT2D eigenvalue weighted by Gasteiger charge is -2.36. The van der Waals surface area contributed by atoms with Gasteiger partial charge in [-0.05, 0) is 28.5 Å². The van der Waals surface area contributed by atoms with E-state index >= 15 is 0 Å². The molecule has 0 N–H and O–H groups in total. The van der Waals surface area contributed by atoms with Crippen LogP contribution in [0, 0.1) is 0 Å². The van der Waals surface area contributed by atoms with Gasteiger partial charge in [0.15, 0.2) is 6.61 Å². The quantitative estimate of drug-likeness (QED) is 0.584. The molecule has 0 unspecified atom stereocenters. The molecule has 0 spiro atoms. The van der Waals surface area contributed by atoms with Crippen LogP contribution in [0.3, 0.4) is 0 Å². The molecule has 5 nitrogen and oxygen atoms in total. The van der Waals surface area contributed by atoms with Gasteiger partial charge in [0, 0.05) is 26.2 Å². The lowest BCUT2D eigenvalue weighted by Crippen LogP contribution is -2.50. The van der Waals surface area contributed by atoms with Gasteiger partial charge >= 0.3 is 5.97 Å². The normalized spacial score (nSPS) is 14.0. The van der Waals surface area contributed by atoms with Crippen molar-refractivity contribution in [3.63, 3.8) is 0 Å². The van der Waals surface area contributed by atoms with Crippen LogP contribution in [0.5, 0.6) is 0 Å². The highest BCUT2D eigenvalue weighted by Crippen LogP contribution is 2.26. The highest BCUT2D eigenvalue weighted by Gasteiger charge is 2.23. The number of carbonyl (C=O) groups is 2. The smallest absolute Gasteiger partial charge is 0.310 e. The molecule has 1 aliphatic heterocycles. The molecule has 1 heterocycles. The molecule has 0 atom stereocenters. The van der Waals surface area contributed by atoms with Crippen LogP contribution >= 0.6 is 11.6 Å². The minimum Gasteiger partial charge on any atom is -0.455 e. The van der Waals surface area contributed by atoms with E-state index in [0.717, 1.165) is 22.0 Å². The second kappa shape index (κ2) is 9.18. The average Bonchev–Trinajstić information content (AvgIpc) is 2.78. The van der Waals surface area contributed by atoms with Crippen LogP contribution in [0.2, 0.25) is 5.02 Å². The Morgan fingerprint density at radius 1 is 0.867 bits per heavy atom. The molecule has 1 saturated heterocycles. The van der Waals surface area contributed by atoms with Gasteiger partial charge in [-0.2, -0.15) is 0 Å². The number of carbonyl (C=O) groups excluding carboxylic acids is 2. The number of esters is 1. The molecule has 0 saturated carbocycles. The van der Waals surface area contributed by atoms with Gasteiger partial charge in [-0.15, -0.1) is 0 Å². The van der Waals surface area contributed by atoms with Crippen molar-refractivity contribution in [2.24, 2.45) is 0 Å². The van der Waals surface area contributed by atoms with Gasteiger partial charge in [0.05, 0.1) is 17.1 Å². The maximum atomic E-state index is 12.4. The standard InChI is InChI=1S/C24H23ClN2O3/c25-21-7-3-4-8-22(21)26-11-13-27(14-12-26)23(28)17-30-24(29)16-18-9-10-19-5-1-2-6-20(19)15-18/h1-10,15H,11-14,16-17H2. The van der Waals surface area contributed by atoms with Crippen LogP contribution in [-0.2, 0) is 20.7 Å². The van der Waals surface area contributed by atoms with Crippen molar-refractivity contribution >= 4 is 39.9 Å². The van der Waals surface area contributed by atoms with Gasteiger partial charge in [-0.25, -0.2) is 0 Å². The summed E-state index contributed by atoms with van der Waals surface area (Å²) >= 11 is 6.26. The van der Waals surface area contributed by atoms with Crippen LogP contribution in [0.25, 0.3) is 10.8 Å². The van der Waals surface area contributed by atoms with E-state index in [2.05, 4.69) is 4.90 Å². The number of hydrogen-bond donors (Lipinski definition) is 0. The predicted molar refractivity (Wildman–Crippen MR) is 119 cm³/mol. The fourth-order valence-electron chi connectivity index (χ4n) is 3.70. The molecule has 6 heteroatoms. The fraction of sp³-hybridized carbons (Fsp3) is 0.250. The predicted octanol–water partition coefficient (Wildman–Crippen LogP) is 3.93. The molecule has 0 bridgehead atoms. The van der Waals surface area contributed by atoms with Gasteiger partial charge in [0.1, 0.15) is 0 Å². The Kier molecular flexibility index (Phi) is 6.19. The lowest BCUT2D eigenvalue weighted by molar-refractivity contribution is -0.151. The van der Waals surface area contributed by atoms with Crippen molar-refractivity contribution in [2.75, 3.05) is 37.7 Å². The Bertz CT molecular complexity index is 1060. The number of amides is 1. The minimum atomic E-state index is -0.395. The number of rotatable bonds is 5. The Balaban J connectivity index is 1.25. The molecular weight excluding hydrogens is 400 g/mol. The van der Waals surface area contributed by atoms with Crippen molar-refractivity contribution in [1.29, 1.82) is 0 Å². The fourth-order valence-corrected chi connectivity index (χ4v) is 3.96. The van der Waals surface area contributed by atoms with Crippen LogP contribution in [-0.4, -0.2) is 49.6 Å². The maximum Gasteiger partial charge on any atom is 0.310 e. The van der Waals surface area contributed by atoms with Crippen molar-refractivity contribution in [3.05, 3.63) is 77.3 Å². The Labute approximate surface area is 180 Å². The van der Waals surface area contributed by atoms with E-state index in [-0.39, 0.29) is 18.9 Å². The van der Waals surface area contributed by atoms with Crippen molar-refractivity contribution in [1.82, 2.24) is 4.90 Å². The van der Waals surface area contributed by atoms with Gasteiger partial charge in [0.2, 0.25) is 0 Å². The molecule has 0 aromatic heterocycles. The molecule has 3 aromatic carbocycles. The third-order valence-corrected chi connectivity index (χ3v) is 5.66. The zero-order valence-corrected chi connectivity index (χ0v) is 17.3. The van der Waals surface area contributed by atoms with E-state index < -0.39 is 5.97 Å². The summed E-state index contributed by atoms with van der Waals surface area (Å²) in [4.78, 5) is 28.5. The first-order valence-electron chi connectivity index (χ1n) is 10.0. The van der Waals surface area contributed by atoms with Gasteiger partial charge in [-0.1, -0.05) is 66.2 Å². The van der Waals surface area contributed by atoms with Crippen LogP contribution in [0.4, 0.5) is 5.69 Å². The summed E-state index contributed by atoms with van der Waals surface area (Å²) in [6.07, 6.45) is 0.151. The van der Waals surface area contributed by atoms with E-state index in [4.69, 9.17) is 16.3 Å². The van der Waals surface area contributed by atoms with Crippen molar-refractivity contribution in [2.45, 2.75) is 6.42 Å². The number of para-hydroxylation sites is 1. The average molecular weight is 423 g/mol. The van der Waals surface area contributed by atoms with E-state index in [1.54, 1.807) is 4.90 Å². The Hall–Kier alpha value is -3.05. The first-order chi connectivity index (χ1) is 14.6. The molecular formula is C24H23ClN2O3. The highest BCUT2D eigenvalue weighted by molar-refractivity contribution is 6.33. The van der Waals surface area contributed by atoms with Crippen molar-refractivity contribution < 1.29 is 14.3 Å². The highest BCUT2D eigenvalue weighted by atomic mass is 35.5. The zero-order valence-electron chi connectivity index (χ0n) is 16.6. The molecule has 154 valence electrons. The molecule has 30 heavy (non-hydrogen) atoms. The third-order valence-electron chi connectivity index (χ3n) is 5.34. The molecule has 1 fully saturated rings. The maximum absolute atomic E-state index is 12.4. The van der Waals surface area contributed by atoms with Gasteiger partial charge in [0.25, 0.3) is 5.91 Å². The molecule has 1 aliphatic rings. The zero-order chi connectivity index (χ0) is 20.9. The van der Waals surface area contributed by atoms with E-state index in [1.807, 2.05) is 66.7 Å². The first kappa shape index (κ1) is 20.2. The van der Waals surface area contributed by atoms with E-state index in [1.165, 1.54) is 0 Å². The number of nitrogens with zero attached hydrogens (tertiary/aromatic N) is 2. The molecule has 0 radical (unpaired) electrons. The van der Waals surface area contributed by atoms with Gasteiger partial charge < -0.3 is 14.5 Å². The van der Waals surface area contributed by atoms with E-state index in [0.29, 0.717) is 31.2 Å². The summed E-state index contributed by atoms with van der Waals surface area (Å²) in [5.41, 5.74) is 1.85. The number of piperazine rings is 1. The van der Waals surface area contributed by atoms with E-state index in [9.17, 15) is 9.59 Å². The topological polar surface area (TPSA) is 49.9 Å². The number of benzene rings is 3. The number of anilines is 1. The number of halogens is 1. The van der Waals surface area contributed by atoms with Crippen LogP contribution in [0.1, 0.15) is 5.56 Å². The minimum absolute atomic E-state index is 0.151. The van der Waals surface area contributed by atoms with Gasteiger partial charge in [-0.3, -0.25) is 9.59 Å². The van der Waals surface area contributed by atoms with Crippen molar-refractivity contribution in [3.8, 4) is 0 Å². The third kappa shape index (κ3) is 4.74. The summed E-state index contributed by atoms with van der Waals surface area (Å²) in [6.45, 7) is 2.32. The first-order valence-corrected chi connectivity index (χ1v) is 10.4. The second-order valence-electron chi connectivity index (χ2n) is 7.34. The van der Waals surface area contributed by atoms with Crippen LogP contribution in [0.15, 0.2) is 66.7 Å². The summed E-state index contributed by atoms with van der Waals surface area (Å²) in [5, 5.41) is 2.91. The number of ether oxygens (including phenoxy) is 1. The summed E-state index contributed by atoms with van der Waals surface area (Å²) in [5.74, 6) is -0.561. The monoisotopic (exact) mass is 422 g/mol. The summed E-state index contributed by atoms with van der Waals surface area (Å²) in [7, 11) is 0. The summed E-state index contributed by atoms with van der Waals surface area (Å²) < 4.78 is 5.24. The number of fused-ring (bicyclic) bond motifs is 1. The number of hydrogen-bond acceptors (Lipinski definition) is 4. The molecule has 0 aliphatic carbocycles. The molecule has 3 aromatic rings. The summed E-state index contributed by atoms with van der Waals surface area (Å²) in [6, 6.07) is 21.6. The van der Waals surface area contributed by atoms with Crippen LogP contribution < -0.4 is 4.90 Å².